The Balaban J connectivity index is 1.73. The van der Waals surface area contributed by atoms with Crippen molar-refractivity contribution in [1.29, 1.82) is 0 Å². The third-order valence-electron chi connectivity index (χ3n) is 6.19. The molecule has 0 unspecified atom stereocenters. The van der Waals surface area contributed by atoms with E-state index in [-0.39, 0.29) is 0 Å². The summed E-state index contributed by atoms with van der Waals surface area (Å²) in [6, 6.07) is 37.3. The molecule has 0 amide bonds. The van der Waals surface area contributed by atoms with Crippen LogP contribution in [0, 0.1) is 0 Å². The van der Waals surface area contributed by atoms with E-state index in [1.165, 1.54) is 10.8 Å². The Labute approximate surface area is 189 Å². The van der Waals surface area contributed by atoms with Gasteiger partial charge in [0.05, 0.1) is 5.52 Å². The topological polar surface area (TPSA) is 43.1 Å². The number of hydrogen-bond donors (Lipinski definition) is 0. The molecule has 0 atom stereocenters. The summed E-state index contributed by atoms with van der Waals surface area (Å²) < 4.78 is 2.19. The van der Waals surface area contributed by atoms with Crippen molar-refractivity contribution in [2.75, 3.05) is 0 Å². The van der Waals surface area contributed by atoms with Crippen molar-refractivity contribution < 1.29 is 0 Å². The molecule has 4 nitrogen and oxygen atoms in total. The molecule has 0 radical (unpaired) electrons. The summed E-state index contributed by atoms with van der Waals surface area (Å²) in [6.45, 7) is 0. The average Bonchev–Trinajstić information content (AvgIpc) is 3.29. The largest absolute Gasteiger partial charge is 0.276 e. The lowest BCUT2D eigenvalue weighted by Gasteiger charge is -2.09. The zero-order valence-corrected chi connectivity index (χ0v) is 17.7. The van der Waals surface area contributed by atoms with Crippen molar-refractivity contribution >= 4 is 38.5 Å². The Hall–Kier alpha value is -4.57. The molecule has 0 aliphatic rings. The standard InChI is InChI=1S/C29H18N4/c1-3-11-19(12-4-1)25-26-29(32-27(30-25)20-13-5-2-6-14-20)33-24-18-10-9-16-22(24)21-15-7-8-17-23(21)28(33)31-26/h1-18H. The van der Waals surface area contributed by atoms with Crippen LogP contribution in [0.5, 0.6) is 0 Å². The molecule has 0 saturated heterocycles. The predicted octanol–water partition coefficient (Wildman–Crippen LogP) is 6.92. The third kappa shape index (κ3) is 2.68. The van der Waals surface area contributed by atoms with Gasteiger partial charge in [-0.15, -0.1) is 0 Å². The summed E-state index contributed by atoms with van der Waals surface area (Å²) in [4.78, 5) is 15.2. The number of rotatable bonds is 2. The summed E-state index contributed by atoms with van der Waals surface area (Å²) in [5, 5.41) is 3.48. The van der Waals surface area contributed by atoms with E-state index in [1.807, 2.05) is 48.5 Å². The normalized spacial score (nSPS) is 11.6. The molecule has 0 saturated carbocycles. The van der Waals surface area contributed by atoms with Gasteiger partial charge in [0.1, 0.15) is 16.9 Å². The molecule has 0 aliphatic carbocycles. The number of aromatic nitrogens is 4. The summed E-state index contributed by atoms with van der Waals surface area (Å²) in [5.74, 6) is 0.695. The fraction of sp³-hybridized carbons (Fsp3) is 0. The molecule has 0 N–H and O–H groups in total. The van der Waals surface area contributed by atoms with E-state index in [2.05, 4.69) is 65.1 Å². The van der Waals surface area contributed by atoms with Gasteiger partial charge in [0.2, 0.25) is 0 Å². The van der Waals surface area contributed by atoms with Crippen LogP contribution in [0.1, 0.15) is 0 Å². The van der Waals surface area contributed by atoms with Crippen LogP contribution in [0.2, 0.25) is 0 Å². The highest BCUT2D eigenvalue weighted by atomic mass is 15.1. The quantitative estimate of drug-likeness (QED) is 0.284. The zero-order valence-electron chi connectivity index (χ0n) is 17.7. The number of pyridine rings is 1. The minimum absolute atomic E-state index is 0.695. The van der Waals surface area contributed by atoms with Crippen LogP contribution in [0.4, 0.5) is 0 Å². The van der Waals surface area contributed by atoms with Gasteiger partial charge in [-0.25, -0.2) is 15.0 Å². The molecule has 4 aromatic carbocycles. The van der Waals surface area contributed by atoms with E-state index in [9.17, 15) is 0 Å². The van der Waals surface area contributed by atoms with Crippen LogP contribution in [-0.4, -0.2) is 19.4 Å². The third-order valence-corrected chi connectivity index (χ3v) is 6.19. The van der Waals surface area contributed by atoms with Gasteiger partial charge in [0, 0.05) is 21.9 Å². The van der Waals surface area contributed by atoms with E-state index in [0.29, 0.717) is 5.82 Å². The summed E-state index contributed by atoms with van der Waals surface area (Å²) in [7, 11) is 0. The predicted molar refractivity (Wildman–Crippen MR) is 134 cm³/mol. The fourth-order valence-electron chi connectivity index (χ4n) is 4.69. The Morgan fingerprint density at radius 2 is 1.06 bits per heavy atom. The minimum Gasteiger partial charge on any atom is -0.276 e. The Morgan fingerprint density at radius 1 is 0.455 bits per heavy atom. The maximum atomic E-state index is 5.14. The highest BCUT2D eigenvalue weighted by molar-refractivity contribution is 6.14. The fourth-order valence-corrected chi connectivity index (χ4v) is 4.69. The SMILES string of the molecule is c1ccc(-c2nc(-c3ccccc3)c3nc4c5ccccc5c5ccccc5n4c3n2)cc1. The second-order valence-corrected chi connectivity index (χ2v) is 8.13. The molecule has 0 bridgehead atoms. The van der Waals surface area contributed by atoms with Gasteiger partial charge in [-0.05, 0) is 11.5 Å². The molecular formula is C29H18N4. The van der Waals surface area contributed by atoms with Crippen molar-refractivity contribution in [3.8, 4) is 22.6 Å². The van der Waals surface area contributed by atoms with E-state index < -0.39 is 0 Å². The number of hydrogen-bond acceptors (Lipinski definition) is 3. The maximum absolute atomic E-state index is 5.14. The molecule has 4 heteroatoms. The summed E-state index contributed by atoms with van der Waals surface area (Å²) in [5.41, 5.74) is 6.47. The van der Waals surface area contributed by atoms with Crippen LogP contribution in [-0.2, 0) is 0 Å². The Bertz CT molecular complexity index is 1800. The van der Waals surface area contributed by atoms with Crippen LogP contribution in [0.15, 0.2) is 109 Å². The monoisotopic (exact) mass is 422 g/mol. The lowest BCUT2D eigenvalue weighted by molar-refractivity contribution is 1.18. The first-order valence-corrected chi connectivity index (χ1v) is 11.0. The number of fused-ring (bicyclic) bond motifs is 8. The second kappa shape index (κ2) is 6.97. The van der Waals surface area contributed by atoms with Crippen LogP contribution in [0.25, 0.3) is 61.1 Å². The summed E-state index contributed by atoms with van der Waals surface area (Å²) >= 11 is 0. The second-order valence-electron chi connectivity index (χ2n) is 8.13. The van der Waals surface area contributed by atoms with Crippen molar-refractivity contribution in [2.45, 2.75) is 0 Å². The molecule has 7 aromatic rings. The van der Waals surface area contributed by atoms with Crippen molar-refractivity contribution in [3.63, 3.8) is 0 Å². The van der Waals surface area contributed by atoms with Gasteiger partial charge in [-0.3, -0.25) is 4.40 Å². The Morgan fingerprint density at radius 3 is 1.82 bits per heavy atom. The first kappa shape index (κ1) is 18.0. The van der Waals surface area contributed by atoms with Gasteiger partial charge < -0.3 is 0 Å². The average molecular weight is 422 g/mol. The van der Waals surface area contributed by atoms with Gasteiger partial charge in [-0.2, -0.15) is 0 Å². The molecular weight excluding hydrogens is 404 g/mol. The lowest BCUT2D eigenvalue weighted by atomic mass is 10.1. The first-order valence-electron chi connectivity index (χ1n) is 11.0. The zero-order chi connectivity index (χ0) is 21.8. The van der Waals surface area contributed by atoms with E-state index in [1.54, 1.807) is 0 Å². The highest BCUT2D eigenvalue weighted by Gasteiger charge is 2.19. The number of imidazole rings is 1. The number of benzene rings is 4. The van der Waals surface area contributed by atoms with E-state index >= 15 is 0 Å². The van der Waals surface area contributed by atoms with E-state index in [4.69, 9.17) is 15.0 Å². The lowest BCUT2D eigenvalue weighted by Crippen LogP contribution is -1.97. The van der Waals surface area contributed by atoms with Gasteiger partial charge in [-0.1, -0.05) is 103 Å². The summed E-state index contributed by atoms with van der Waals surface area (Å²) in [6.07, 6.45) is 0. The molecule has 154 valence electrons. The maximum Gasteiger partial charge on any atom is 0.169 e. The molecule has 33 heavy (non-hydrogen) atoms. The molecule has 3 heterocycles. The Kier molecular flexibility index (Phi) is 3.81. The number of para-hydroxylation sites is 1. The van der Waals surface area contributed by atoms with Crippen LogP contribution in [0.3, 0.4) is 0 Å². The van der Waals surface area contributed by atoms with Gasteiger partial charge >= 0.3 is 0 Å². The molecule has 3 aromatic heterocycles. The minimum atomic E-state index is 0.695. The molecule has 0 spiro atoms. The van der Waals surface area contributed by atoms with Crippen molar-refractivity contribution in [1.82, 2.24) is 19.4 Å². The smallest absolute Gasteiger partial charge is 0.169 e. The number of nitrogens with zero attached hydrogens (tertiary/aromatic N) is 4. The van der Waals surface area contributed by atoms with Gasteiger partial charge in [0.25, 0.3) is 0 Å². The van der Waals surface area contributed by atoms with Crippen molar-refractivity contribution in [3.05, 3.63) is 109 Å². The van der Waals surface area contributed by atoms with E-state index in [0.717, 1.165) is 44.5 Å². The first-order chi connectivity index (χ1) is 16.4. The molecule has 0 aliphatic heterocycles. The van der Waals surface area contributed by atoms with Crippen LogP contribution < -0.4 is 0 Å². The van der Waals surface area contributed by atoms with Crippen LogP contribution >= 0.6 is 0 Å². The van der Waals surface area contributed by atoms with Crippen molar-refractivity contribution in [2.24, 2.45) is 0 Å². The molecule has 7 rings (SSSR count). The molecule has 0 fully saturated rings. The highest BCUT2D eigenvalue weighted by Crippen LogP contribution is 2.35. The van der Waals surface area contributed by atoms with Gasteiger partial charge in [0.15, 0.2) is 11.5 Å².